The summed E-state index contributed by atoms with van der Waals surface area (Å²) in [5.74, 6) is 1.19. The number of piperazine rings is 1. The van der Waals surface area contributed by atoms with Gasteiger partial charge >= 0.3 is 0 Å². The van der Waals surface area contributed by atoms with Crippen molar-refractivity contribution in [3.8, 4) is 67.9 Å². The van der Waals surface area contributed by atoms with Crippen LogP contribution >= 0.6 is 81.0 Å². The van der Waals surface area contributed by atoms with Crippen LogP contribution in [0.1, 0.15) is 57.8 Å². The Bertz CT molecular complexity index is 6460. The van der Waals surface area contributed by atoms with Gasteiger partial charge in [-0.1, -0.05) is 119 Å². The van der Waals surface area contributed by atoms with Crippen molar-refractivity contribution in [2.24, 2.45) is 7.05 Å². The number of pyridine rings is 2. The number of rotatable bonds is 12. The molecule has 19 nitrogen and oxygen atoms in total. The van der Waals surface area contributed by atoms with E-state index in [1.54, 1.807) is 49.3 Å². The molecule has 5 N–H and O–H groups in total. The topological polar surface area (TPSA) is 210 Å². The fourth-order valence-electron chi connectivity index (χ4n) is 16.1. The number of aromatic nitrogens is 9. The van der Waals surface area contributed by atoms with Gasteiger partial charge in [-0.05, 0) is 182 Å². The minimum Gasteiger partial charge on any atom is -0.507 e. The lowest BCUT2D eigenvalue weighted by Crippen LogP contribution is -2.44. The third-order valence-electron chi connectivity index (χ3n) is 21.9. The number of hydrogen-bond donors (Lipinski definition) is 4. The van der Waals surface area contributed by atoms with Gasteiger partial charge in [-0.3, -0.25) is 4.68 Å². The van der Waals surface area contributed by atoms with E-state index in [9.17, 15) is 9.50 Å². The molecule has 11 heterocycles. The number of nitrogens with zero attached hydrogens (tertiary/aromatic N) is 13. The highest BCUT2D eigenvalue weighted by Crippen LogP contribution is 2.49. The van der Waals surface area contributed by atoms with Gasteiger partial charge in [0.1, 0.15) is 66.3 Å². The number of aromatic hydroxyl groups is 1. The maximum absolute atomic E-state index is 15.8. The SMILES string of the molecule is CNc1cc2ccccc2c(-c2c(Cl)cc3c(N4CCCCC4)snc3c2F)n1.COc1cc(-c2c(Cl)cc3c(N4CCCCC4)snc3c2F)c2c(cnn2C)c1.Nc1cc2ccccc2c(-c2c(Cl)cc3c(N4CCCCC4)snc3c2F)n1.Oc1cccc(F)c1-c1cc2c(Oc3ccccc3)nnc(N3CCNCC3)c2cc1Cl. The van der Waals surface area contributed by atoms with Crippen molar-refractivity contribution in [2.45, 2.75) is 57.8 Å². The first-order chi connectivity index (χ1) is 57.5. The van der Waals surface area contributed by atoms with Crippen LogP contribution in [0.4, 0.5) is 50.0 Å². The summed E-state index contributed by atoms with van der Waals surface area (Å²) in [7, 11) is 5.22. The number of benzene rings is 9. The largest absolute Gasteiger partial charge is 0.507 e. The van der Waals surface area contributed by atoms with Crippen molar-refractivity contribution < 1.29 is 32.1 Å². The second-order valence-electron chi connectivity index (χ2n) is 29.3. The summed E-state index contributed by atoms with van der Waals surface area (Å²) in [5, 5.41) is 42.3. The minimum atomic E-state index is -0.568. The normalized spacial score (nSPS) is 14.6. The lowest BCUT2D eigenvalue weighted by atomic mass is 10.00. The molecule has 0 spiro atoms. The predicted molar refractivity (Wildman–Crippen MR) is 477 cm³/mol. The smallest absolute Gasteiger partial charge is 0.246 e. The number of phenols is 1. The summed E-state index contributed by atoms with van der Waals surface area (Å²) in [6.45, 7) is 9.07. The van der Waals surface area contributed by atoms with Crippen molar-refractivity contribution in [2.75, 3.05) is 110 Å². The summed E-state index contributed by atoms with van der Waals surface area (Å²) >= 11 is 30.6. The van der Waals surface area contributed by atoms with Crippen molar-refractivity contribution in [1.29, 1.82) is 0 Å². The number of hydrogen-bond acceptors (Lipinski definition) is 21. The van der Waals surface area contributed by atoms with E-state index in [0.29, 0.717) is 105 Å². The minimum absolute atomic E-state index is 0.0330. The van der Waals surface area contributed by atoms with Crippen molar-refractivity contribution >= 4 is 189 Å². The summed E-state index contributed by atoms with van der Waals surface area (Å²) in [4.78, 5) is 18.1. The number of aryl methyl sites for hydroxylation is 1. The number of piperidine rings is 3. The first kappa shape index (κ1) is 79.8. The predicted octanol–water partition coefficient (Wildman–Crippen LogP) is 22.9. The van der Waals surface area contributed by atoms with Crippen LogP contribution < -0.4 is 45.4 Å². The van der Waals surface area contributed by atoms with E-state index in [1.807, 2.05) is 116 Å². The Labute approximate surface area is 709 Å². The quantitative estimate of drug-likeness (QED) is 0.0838. The van der Waals surface area contributed by atoms with Crippen LogP contribution in [0.15, 0.2) is 158 Å². The van der Waals surface area contributed by atoms with Crippen LogP contribution in [0, 0.1) is 23.3 Å². The number of anilines is 6. The first-order valence-electron chi connectivity index (χ1n) is 39.0. The van der Waals surface area contributed by atoms with Crippen LogP contribution in [-0.2, 0) is 7.05 Å². The van der Waals surface area contributed by atoms with Gasteiger partial charge in [0.25, 0.3) is 0 Å². The van der Waals surface area contributed by atoms with Gasteiger partial charge in [-0.25, -0.2) is 27.5 Å². The van der Waals surface area contributed by atoms with Crippen LogP contribution in [0.2, 0.25) is 20.1 Å². The highest BCUT2D eigenvalue weighted by Gasteiger charge is 2.31. The first-order valence-corrected chi connectivity index (χ1v) is 42.8. The number of nitrogens with one attached hydrogen (secondary N) is 2. The van der Waals surface area contributed by atoms with Gasteiger partial charge < -0.3 is 50.5 Å². The number of para-hydroxylation sites is 1. The summed E-state index contributed by atoms with van der Waals surface area (Å²) in [6.07, 6.45) is 12.4. The highest BCUT2D eigenvalue weighted by molar-refractivity contribution is 7.12. The molecule has 16 aromatic rings. The van der Waals surface area contributed by atoms with E-state index >= 15 is 13.2 Å². The third-order valence-corrected chi connectivity index (χ3v) is 25.8. The van der Waals surface area contributed by atoms with Crippen LogP contribution in [0.5, 0.6) is 23.1 Å². The van der Waals surface area contributed by atoms with Crippen LogP contribution in [-0.4, -0.2) is 128 Å². The Hall–Kier alpha value is -10.7. The molecule has 4 saturated heterocycles. The molecule has 0 aliphatic carbocycles. The molecule has 0 atom stereocenters. The van der Waals surface area contributed by atoms with E-state index in [2.05, 4.69) is 68.6 Å². The molecule has 0 bridgehead atoms. The number of ether oxygens (including phenoxy) is 2. The number of fused-ring (bicyclic) bond motifs is 7. The second kappa shape index (κ2) is 34.7. The zero-order chi connectivity index (χ0) is 81.4. The molecular weight excluding hydrogens is 1640 g/mol. The van der Waals surface area contributed by atoms with E-state index in [4.69, 9.17) is 61.6 Å². The van der Waals surface area contributed by atoms with Gasteiger partial charge in [-0.2, -0.15) is 18.2 Å². The van der Waals surface area contributed by atoms with Gasteiger partial charge in [-0.15, -0.1) is 10.2 Å². The lowest BCUT2D eigenvalue weighted by molar-refractivity contribution is 0.415. The zero-order valence-corrected chi connectivity index (χ0v) is 69.8. The van der Waals surface area contributed by atoms with Crippen LogP contribution in [0.25, 0.3) is 121 Å². The standard InChI is InChI=1S/C24H20ClFN4O2.C22H20ClFN4S.C21H20ClFN4OS.C21H18ClFN4S/c25-19-14-16-17(13-18(19)22-20(26)7-4-8-21(22)31)24(32-15-5-2-1-3-6-15)29-28-23(16)30-11-9-27-10-12-30;1-25-17-11-13-7-3-4-8-14(13)20(26-17)18-16(23)12-15-21(19(18)24)27-29-22(15)28-9-5-2-6-10-28;1-26-20-12(11-24-26)8-13(28-2)9-14(20)17-16(22)10-15-19(18(17)23)25-29-21(15)27-6-4-3-5-7-27;22-15-11-14-20(26-28-21(14)27-8-4-1-5-9-27)18(23)17(15)19-13-7-3-2-6-12(13)10-16(24)25-19/h1-8,13-14,27,31H,9-12H2;3-4,7-8,11-12H,2,5-6,9-10H2,1H3,(H,25,26);8-11H,3-7H2,1-2H3;2-3,6-7,10-11H,1,4-5,8-9H2,(H2,24,25). The van der Waals surface area contributed by atoms with Crippen molar-refractivity contribution in [1.82, 2.24) is 48.4 Å². The molecule has 30 heteroatoms. The summed E-state index contributed by atoms with van der Waals surface area (Å²) < 4.78 is 88.3. The summed E-state index contributed by atoms with van der Waals surface area (Å²) in [5.41, 5.74) is 10.8. The van der Waals surface area contributed by atoms with Crippen molar-refractivity contribution in [3.05, 3.63) is 201 Å². The molecule has 602 valence electrons. The molecule has 0 amide bonds. The Morgan fingerprint density at radius 1 is 0.475 bits per heavy atom. The number of halogens is 8. The number of nitrogens with two attached hydrogens (primary N) is 1. The molecule has 0 saturated carbocycles. The van der Waals surface area contributed by atoms with Gasteiger partial charge in [0, 0.05) is 139 Å². The average Bonchev–Trinajstić information content (AvgIpc) is 1.64. The molecule has 20 rings (SSSR count). The fourth-order valence-corrected chi connectivity index (χ4v) is 19.9. The van der Waals surface area contributed by atoms with Gasteiger partial charge in [0.15, 0.2) is 23.3 Å². The molecule has 9 aromatic carbocycles. The number of phenolic OH excluding ortho intramolecular Hbond substituents is 1. The fraction of sp³-hybridized carbons (Fsp3) is 0.250. The van der Waals surface area contributed by atoms with Gasteiger partial charge in [0.05, 0.1) is 67.4 Å². The van der Waals surface area contributed by atoms with E-state index in [0.717, 1.165) is 173 Å². The summed E-state index contributed by atoms with van der Waals surface area (Å²) in [6, 6.07) is 45.2. The number of methoxy groups -OCH3 is 1. The van der Waals surface area contributed by atoms with Crippen molar-refractivity contribution in [3.63, 3.8) is 0 Å². The maximum atomic E-state index is 15.8. The van der Waals surface area contributed by atoms with E-state index < -0.39 is 23.3 Å². The van der Waals surface area contributed by atoms with E-state index in [1.165, 1.54) is 72.1 Å². The maximum Gasteiger partial charge on any atom is 0.246 e. The second-order valence-corrected chi connectivity index (χ2v) is 33.1. The monoisotopic (exact) mass is 1720 g/mol. The molecule has 0 radical (unpaired) electrons. The molecular formula is C88H78Cl4F4N16O3S3. The molecule has 4 aliphatic heterocycles. The highest BCUT2D eigenvalue weighted by atomic mass is 35.5. The number of nitrogen functional groups attached to an aromatic ring is 1. The Morgan fingerprint density at radius 3 is 1.53 bits per heavy atom. The molecule has 4 fully saturated rings. The molecule has 7 aromatic heterocycles. The van der Waals surface area contributed by atoms with E-state index in [-0.39, 0.29) is 22.8 Å². The third kappa shape index (κ3) is 15.7. The van der Waals surface area contributed by atoms with Crippen LogP contribution in [0.3, 0.4) is 0 Å². The zero-order valence-electron chi connectivity index (χ0n) is 64.3. The Balaban J connectivity index is 0.000000113. The molecule has 118 heavy (non-hydrogen) atoms. The molecule has 0 unspecified atom stereocenters. The van der Waals surface area contributed by atoms with Gasteiger partial charge in [0.2, 0.25) is 5.88 Å². The molecule has 4 aliphatic rings. The average molecular weight is 1720 g/mol. The Morgan fingerprint density at radius 2 is 0.983 bits per heavy atom. The Kier molecular flexibility index (Phi) is 23.5. The lowest BCUT2D eigenvalue weighted by Gasteiger charge is -2.29.